The molecule has 32 heavy (non-hydrogen) atoms. The van der Waals surface area contributed by atoms with E-state index < -0.39 is 11.6 Å². The van der Waals surface area contributed by atoms with Crippen LogP contribution in [0.25, 0.3) is 22.3 Å². The third kappa shape index (κ3) is 2.80. The molecule has 4 heterocycles. The molecule has 0 saturated carbocycles. The molecular formula is C22H21N3O7. The summed E-state index contributed by atoms with van der Waals surface area (Å²) in [4.78, 5) is 35.3. The second-order valence-corrected chi connectivity index (χ2v) is 8.33. The van der Waals surface area contributed by atoms with Crippen molar-refractivity contribution in [1.82, 2.24) is 14.6 Å². The summed E-state index contributed by atoms with van der Waals surface area (Å²) in [6.07, 6.45) is 0. The summed E-state index contributed by atoms with van der Waals surface area (Å²) in [5.74, 6) is -1.17. The van der Waals surface area contributed by atoms with E-state index in [1.807, 2.05) is 0 Å². The van der Waals surface area contributed by atoms with Crippen molar-refractivity contribution in [2.24, 2.45) is 0 Å². The SMILES string of the molecule is CN(C)OCc1c(O)cc(O)c2nc3c(cc12)Cn1c-3cc2c(c1=O)COC(=O)[C@@]2(C)O. The van der Waals surface area contributed by atoms with Crippen molar-refractivity contribution >= 4 is 16.9 Å². The van der Waals surface area contributed by atoms with E-state index in [0.717, 1.165) is 0 Å². The number of nitrogens with zero attached hydrogens (tertiary/aromatic N) is 3. The van der Waals surface area contributed by atoms with Crippen molar-refractivity contribution in [1.29, 1.82) is 0 Å². The maximum Gasteiger partial charge on any atom is 0.342 e. The largest absolute Gasteiger partial charge is 0.507 e. The molecule has 0 bridgehead atoms. The molecule has 0 saturated heterocycles. The number of pyridine rings is 2. The Kier molecular flexibility index (Phi) is 4.32. The molecule has 1 aromatic carbocycles. The maximum absolute atomic E-state index is 13.1. The van der Waals surface area contributed by atoms with E-state index in [0.29, 0.717) is 27.9 Å². The van der Waals surface area contributed by atoms with Crippen molar-refractivity contribution in [3.63, 3.8) is 0 Å². The number of phenols is 2. The normalized spacial score (nSPS) is 19.1. The predicted molar refractivity (Wildman–Crippen MR) is 112 cm³/mol. The van der Waals surface area contributed by atoms with E-state index >= 15 is 0 Å². The third-order valence-corrected chi connectivity index (χ3v) is 5.96. The van der Waals surface area contributed by atoms with E-state index in [1.54, 1.807) is 26.2 Å². The fraction of sp³-hybridized carbons (Fsp3) is 0.318. The summed E-state index contributed by atoms with van der Waals surface area (Å²) in [6.45, 7) is 1.34. The molecule has 0 aliphatic carbocycles. The number of ether oxygens (including phenoxy) is 1. The second-order valence-electron chi connectivity index (χ2n) is 8.33. The Morgan fingerprint density at radius 2 is 1.97 bits per heavy atom. The van der Waals surface area contributed by atoms with Crippen LogP contribution in [0, 0.1) is 0 Å². The number of carbonyl (C=O) groups excluding carboxylic acids is 1. The molecule has 0 radical (unpaired) electrons. The number of hydrogen-bond acceptors (Lipinski definition) is 9. The van der Waals surface area contributed by atoms with Gasteiger partial charge in [0.1, 0.15) is 23.6 Å². The number of rotatable bonds is 3. The molecule has 2 aromatic heterocycles. The van der Waals surface area contributed by atoms with E-state index in [2.05, 4.69) is 4.98 Å². The monoisotopic (exact) mass is 439 g/mol. The summed E-state index contributed by atoms with van der Waals surface area (Å²) in [7, 11) is 3.42. The Morgan fingerprint density at radius 3 is 2.69 bits per heavy atom. The van der Waals surface area contributed by atoms with Gasteiger partial charge in [0.15, 0.2) is 5.60 Å². The Bertz CT molecular complexity index is 1370. The van der Waals surface area contributed by atoms with Crippen LogP contribution in [0.2, 0.25) is 0 Å². The molecule has 10 heteroatoms. The Morgan fingerprint density at radius 1 is 1.22 bits per heavy atom. The zero-order chi connectivity index (χ0) is 22.9. The molecule has 0 amide bonds. The fourth-order valence-corrected chi connectivity index (χ4v) is 4.27. The summed E-state index contributed by atoms with van der Waals surface area (Å²) in [5, 5.41) is 33.5. The molecule has 10 nitrogen and oxygen atoms in total. The third-order valence-electron chi connectivity index (χ3n) is 5.96. The average Bonchev–Trinajstić information content (AvgIpc) is 3.08. The Labute approximate surface area is 181 Å². The first-order valence-corrected chi connectivity index (χ1v) is 9.94. The lowest BCUT2D eigenvalue weighted by atomic mass is 9.90. The van der Waals surface area contributed by atoms with Gasteiger partial charge in [0.2, 0.25) is 0 Å². The first kappa shape index (κ1) is 20.4. The van der Waals surface area contributed by atoms with E-state index in [4.69, 9.17) is 9.57 Å². The molecule has 0 spiro atoms. The van der Waals surface area contributed by atoms with Crippen LogP contribution in [0.4, 0.5) is 0 Å². The molecule has 3 aromatic rings. The molecule has 0 fully saturated rings. The smallest absolute Gasteiger partial charge is 0.342 e. The van der Waals surface area contributed by atoms with Crippen molar-refractivity contribution in [2.75, 3.05) is 14.1 Å². The van der Waals surface area contributed by atoms with Crippen molar-refractivity contribution in [3.8, 4) is 22.9 Å². The molecule has 3 N–H and O–H groups in total. The van der Waals surface area contributed by atoms with Gasteiger partial charge in [0.05, 0.1) is 30.1 Å². The molecular weight excluding hydrogens is 418 g/mol. The number of aliphatic hydroxyl groups is 1. The molecule has 166 valence electrons. The van der Waals surface area contributed by atoms with Crippen LogP contribution in [0.5, 0.6) is 11.5 Å². The summed E-state index contributed by atoms with van der Waals surface area (Å²) in [6, 6.07) is 4.54. The zero-order valence-corrected chi connectivity index (χ0v) is 17.7. The number of benzene rings is 1. The number of aromatic nitrogens is 2. The van der Waals surface area contributed by atoms with Crippen LogP contribution in [-0.2, 0) is 39.7 Å². The van der Waals surface area contributed by atoms with E-state index in [9.17, 15) is 24.9 Å². The highest BCUT2D eigenvalue weighted by molar-refractivity contribution is 5.93. The van der Waals surface area contributed by atoms with Crippen LogP contribution >= 0.6 is 0 Å². The number of esters is 1. The van der Waals surface area contributed by atoms with Gasteiger partial charge in [-0.3, -0.25) is 9.63 Å². The highest BCUT2D eigenvalue weighted by Gasteiger charge is 2.43. The van der Waals surface area contributed by atoms with Crippen molar-refractivity contribution < 1.29 is 29.7 Å². The molecule has 2 aliphatic heterocycles. The van der Waals surface area contributed by atoms with Crippen LogP contribution in [-0.4, -0.2) is 50.0 Å². The number of carbonyl (C=O) groups is 1. The van der Waals surface area contributed by atoms with Gasteiger partial charge in [0.25, 0.3) is 5.56 Å². The van der Waals surface area contributed by atoms with Gasteiger partial charge in [-0.2, -0.15) is 5.06 Å². The number of hydroxylamine groups is 2. The standard InChI is InChI=1S/C22H21N3O7/c1-22(30)14-5-15-18-10(7-25(15)20(28)13(14)8-31-21(22)29)4-11-12(9-32-24(2)3)16(26)6-17(27)19(11)23-18/h4-6,26-27,30H,7-9H2,1-3H3/t22-/m0/s1. The zero-order valence-electron chi connectivity index (χ0n) is 17.7. The number of hydrogen-bond donors (Lipinski definition) is 3. The minimum Gasteiger partial charge on any atom is -0.507 e. The minimum absolute atomic E-state index is 0.0551. The molecule has 1 atom stereocenters. The van der Waals surface area contributed by atoms with Gasteiger partial charge >= 0.3 is 5.97 Å². The quantitative estimate of drug-likeness (QED) is 0.317. The van der Waals surface area contributed by atoms with Crippen LogP contribution in [0.1, 0.15) is 29.2 Å². The fourth-order valence-electron chi connectivity index (χ4n) is 4.27. The highest BCUT2D eigenvalue weighted by Crippen LogP contribution is 2.41. The first-order chi connectivity index (χ1) is 15.1. The summed E-state index contributed by atoms with van der Waals surface area (Å²) < 4.78 is 6.49. The van der Waals surface area contributed by atoms with Crippen LogP contribution in [0.3, 0.4) is 0 Å². The Hall–Kier alpha value is -3.47. The average molecular weight is 439 g/mol. The van der Waals surface area contributed by atoms with Crippen molar-refractivity contribution in [2.45, 2.75) is 32.3 Å². The lowest BCUT2D eigenvalue weighted by Crippen LogP contribution is -2.42. The highest BCUT2D eigenvalue weighted by atomic mass is 16.7. The number of fused-ring (bicyclic) bond motifs is 5. The van der Waals surface area contributed by atoms with Gasteiger partial charge in [-0.15, -0.1) is 0 Å². The first-order valence-electron chi connectivity index (χ1n) is 9.94. The molecule has 0 unspecified atom stereocenters. The van der Waals surface area contributed by atoms with E-state index in [1.165, 1.54) is 22.6 Å². The van der Waals surface area contributed by atoms with Gasteiger partial charge in [0, 0.05) is 42.2 Å². The number of cyclic esters (lactones) is 1. The van der Waals surface area contributed by atoms with Crippen molar-refractivity contribution in [3.05, 3.63) is 50.8 Å². The lowest BCUT2D eigenvalue weighted by Gasteiger charge is -2.29. The van der Waals surface area contributed by atoms with Gasteiger partial charge in [-0.25, -0.2) is 9.78 Å². The topological polar surface area (TPSA) is 134 Å². The van der Waals surface area contributed by atoms with Gasteiger partial charge < -0.3 is 24.6 Å². The molecule has 2 aliphatic rings. The van der Waals surface area contributed by atoms with Gasteiger partial charge in [-0.05, 0) is 19.1 Å². The van der Waals surface area contributed by atoms with E-state index in [-0.39, 0.29) is 53.5 Å². The van der Waals surface area contributed by atoms with Gasteiger partial charge in [-0.1, -0.05) is 0 Å². The number of aromatic hydroxyl groups is 2. The lowest BCUT2D eigenvalue weighted by molar-refractivity contribution is -0.169. The predicted octanol–water partition coefficient (Wildman–Crippen LogP) is 1.09. The number of phenolic OH excluding ortho intramolecular Hbond substituents is 2. The Balaban J connectivity index is 1.74. The minimum atomic E-state index is -1.95. The summed E-state index contributed by atoms with van der Waals surface area (Å²) >= 11 is 0. The van der Waals surface area contributed by atoms with Crippen LogP contribution < -0.4 is 5.56 Å². The second kappa shape index (κ2) is 6.76. The molecule has 5 rings (SSSR count). The maximum atomic E-state index is 13.1. The summed E-state index contributed by atoms with van der Waals surface area (Å²) in [5.41, 5.74) is 0.343. The van der Waals surface area contributed by atoms with Crippen LogP contribution in [0.15, 0.2) is 23.0 Å².